The van der Waals surface area contributed by atoms with Crippen LogP contribution >= 0.6 is 11.8 Å². The molecular weight excluding hydrogens is 421 g/mol. The number of thioether (sulfide) groups is 1. The van der Waals surface area contributed by atoms with E-state index in [1.54, 1.807) is 24.6 Å². The molecule has 0 N–H and O–H groups in total. The number of halogens is 3. The number of benzene rings is 1. The number of pyridine rings is 1. The minimum Gasteiger partial charge on any atom is -0.465 e. The number of nitrogens with zero attached hydrogens (tertiary/aromatic N) is 4. The van der Waals surface area contributed by atoms with E-state index in [0.29, 0.717) is 29.2 Å². The lowest BCUT2D eigenvalue weighted by Gasteiger charge is -2.08. The van der Waals surface area contributed by atoms with Gasteiger partial charge in [-0.1, -0.05) is 5.16 Å². The van der Waals surface area contributed by atoms with Crippen LogP contribution in [-0.2, 0) is 16.6 Å². The lowest BCUT2D eigenvalue weighted by molar-refractivity contribution is -0.0328. The average molecular weight is 438 g/mol. The largest absolute Gasteiger partial charge is 0.465 e. The van der Waals surface area contributed by atoms with Crippen LogP contribution in [-0.4, -0.2) is 45.9 Å². The maximum Gasteiger partial charge on any atom is 0.446 e. The molecule has 0 unspecified atom stereocenters. The number of fused-ring (bicyclic) bond motifs is 1. The van der Waals surface area contributed by atoms with Crippen molar-refractivity contribution in [3.63, 3.8) is 0 Å². The van der Waals surface area contributed by atoms with Crippen LogP contribution in [0.3, 0.4) is 0 Å². The third-order valence-corrected chi connectivity index (χ3v) is 4.73. The van der Waals surface area contributed by atoms with Crippen molar-refractivity contribution in [3.05, 3.63) is 41.6 Å². The van der Waals surface area contributed by atoms with E-state index >= 15 is 0 Å². The molecular formula is C19H17F3N4O3S. The highest BCUT2D eigenvalue weighted by Crippen LogP contribution is 2.38. The number of esters is 1. The van der Waals surface area contributed by atoms with Crippen molar-refractivity contribution < 1.29 is 27.5 Å². The van der Waals surface area contributed by atoms with Crippen molar-refractivity contribution >= 4 is 35.0 Å². The number of aromatic nitrogens is 3. The summed E-state index contributed by atoms with van der Waals surface area (Å²) in [6, 6.07) is 7.34. The summed E-state index contributed by atoms with van der Waals surface area (Å²) in [5.74, 6) is -0.322. The topological polar surface area (TPSA) is 78.6 Å². The van der Waals surface area contributed by atoms with Crippen LogP contribution in [0.1, 0.15) is 23.0 Å². The number of ether oxygens (including phenoxy) is 1. The quantitative estimate of drug-likeness (QED) is 0.246. The van der Waals surface area contributed by atoms with Gasteiger partial charge in [0.2, 0.25) is 0 Å². The number of imidazole rings is 1. The minimum atomic E-state index is -4.40. The van der Waals surface area contributed by atoms with Crippen molar-refractivity contribution in [2.75, 3.05) is 13.7 Å². The molecule has 30 heavy (non-hydrogen) atoms. The number of alkyl halides is 3. The van der Waals surface area contributed by atoms with Gasteiger partial charge in [-0.2, -0.15) is 13.2 Å². The molecule has 0 radical (unpaired) electrons. The monoisotopic (exact) mass is 438 g/mol. The second kappa shape index (κ2) is 8.74. The van der Waals surface area contributed by atoms with Crippen molar-refractivity contribution in [1.82, 2.24) is 14.5 Å². The first-order valence-electron chi connectivity index (χ1n) is 8.70. The van der Waals surface area contributed by atoms with Crippen molar-refractivity contribution in [3.8, 4) is 11.5 Å². The molecule has 0 aliphatic rings. The van der Waals surface area contributed by atoms with Gasteiger partial charge in [-0.05, 0) is 49.0 Å². The van der Waals surface area contributed by atoms with Crippen molar-refractivity contribution in [2.45, 2.75) is 17.3 Å². The third kappa shape index (κ3) is 4.73. The number of carbonyl (C=O) groups excluding carboxylic acids is 1. The summed E-state index contributed by atoms with van der Waals surface area (Å²) < 4.78 is 44.6. The molecule has 0 aliphatic carbocycles. The fourth-order valence-corrected chi connectivity index (χ4v) is 3.32. The molecule has 2 heterocycles. The van der Waals surface area contributed by atoms with Crippen LogP contribution in [0, 0.1) is 0 Å². The highest BCUT2D eigenvalue weighted by molar-refractivity contribution is 8.00. The van der Waals surface area contributed by atoms with Gasteiger partial charge in [0.25, 0.3) is 0 Å². The van der Waals surface area contributed by atoms with E-state index in [-0.39, 0.29) is 27.9 Å². The molecule has 0 bridgehead atoms. The number of aryl methyl sites for hydroxylation is 1. The Hall–Kier alpha value is -3.08. The number of rotatable bonds is 6. The van der Waals surface area contributed by atoms with Gasteiger partial charge in [0.05, 0.1) is 35.6 Å². The summed E-state index contributed by atoms with van der Waals surface area (Å²) in [6.45, 7) is 2.16. The Bertz CT molecular complexity index is 1110. The number of methoxy groups -OCH3 is 1. The van der Waals surface area contributed by atoms with Gasteiger partial charge in [-0.15, -0.1) is 0 Å². The molecule has 158 valence electrons. The zero-order valence-corrected chi connectivity index (χ0v) is 17.0. The molecule has 0 saturated heterocycles. The van der Waals surface area contributed by atoms with E-state index in [1.807, 2.05) is 0 Å². The highest BCUT2D eigenvalue weighted by atomic mass is 32.2. The minimum absolute atomic E-state index is 0.0124. The van der Waals surface area contributed by atoms with E-state index in [1.165, 1.54) is 37.6 Å². The molecule has 0 saturated carbocycles. The number of hydrogen-bond acceptors (Lipinski definition) is 7. The molecule has 0 aliphatic heterocycles. The Morgan fingerprint density at radius 2 is 2.03 bits per heavy atom. The van der Waals surface area contributed by atoms with Crippen LogP contribution in [0.15, 0.2) is 40.4 Å². The summed E-state index contributed by atoms with van der Waals surface area (Å²) in [7, 11) is 2.93. The Labute approximate surface area is 173 Å². The molecule has 3 rings (SSSR count). The fourth-order valence-electron chi connectivity index (χ4n) is 2.75. The average Bonchev–Trinajstić information content (AvgIpc) is 3.02. The molecule has 3 aromatic rings. The summed E-state index contributed by atoms with van der Waals surface area (Å²) in [5, 5.41) is 3.76. The smallest absolute Gasteiger partial charge is 0.446 e. The predicted molar refractivity (Wildman–Crippen MR) is 106 cm³/mol. The fraction of sp³-hybridized carbons (Fsp3) is 0.263. The van der Waals surface area contributed by atoms with Gasteiger partial charge in [-0.3, -0.25) is 0 Å². The van der Waals surface area contributed by atoms with Crippen molar-refractivity contribution in [1.29, 1.82) is 0 Å². The first-order chi connectivity index (χ1) is 14.2. The first-order valence-corrected chi connectivity index (χ1v) is 9.52. The molecule has 0 amide bonds. The predicted octanol–water partition coefficient (Wildman–Crippen LogP) is 4.40. The lowest BCUT2D eigenvalue weighted by Crippen LogP contribution is -2.08. The molecule has 2 aromatic heterocycles. The second-order valence-corrected chi connectivity index (χ2v) is 7.11. The summed E-state index contributed by atoms with van der Waals surface area (Å²) in [5.41, 5.74) is -2.69. The molecule has 7 nitrogen and oxygen atoms in total. The van der Waals surface area contributed by atoms with Gasteiger partial charge in [0.1, 0.15) is 12.3 Å². The Balaban J connectivity index is 2.13. The molecule has 11 heteroatoms. The van der Waals surface area contributed by atoms with E-state index in [2.05, 4.69) is 15.1 Å². The van der Waals surface area contributed by atoms with Crippen LogP contribution in [0.5, 0.6) is 0 Å². The van der Waals surface area contributed by atoms with Gasteiger partial charge in [0.15, 0.2) is 5.82 Å². The summed E-state index contributed by atoms with van der Waals surface area (Å²) >= 11 is -0.218. The maximum absolute atomic E-state index is 12.7. The molecule has 0 atom stereocenters. The van der Waals surface area contributed by atoms with Gasteiger partial charge in [0, 0.05) is 11.9 Å². The van der Waals surface area contributed by atoms with E-state index in [4.69, 9.17) is 9.57 Å². The standard InChI is InChI=1S/C19H17F3N4O3S/c1-4-29-23-10-11-5-7-13(18(27)28-3)16(24-11)17-25-14-9-12(30-19(20,21)22)6-8-15(14)26(17)2/h5-10H,4H2,1-3H3. The van der Waals surface area contributed by atoms with E-state index in [9.17, 15) is 18.0 Å². The van der Waals surface area contributed by atoms with Crippen LogP contribution in [0.4, 0.5) is 13.2 Å². The highest BCUT2D eigenvalue weighted by Gasteiger charge is 2.29. The summed E-state index contributed by atoms with van der Waals surface area (Å²) in [4.78, 5) is 26.0. The zero-order valence-electron chi connectivity index (χ0n) is 16.2. The summed E-state index contributed by atoms with van der Waals surface area (Å²) in [6.07, 6.45) is 1.38. The Morgan fingerprint density at radius 1 is 1.27 bits per heavy atom. The van der Waals surface area contributed by atoms with Gasteiger partial charge in [-0.25, -0.2) is 14.8 Å². The molecule has 1 aromatic carbocycles. The van der Waals surface area contributed by atoms with Gasteiger partial charge < -0.3 is 14.1 Å². The molecule has 0 spiro atoms. The van der Waals surface area contributed by atoms with E-state index < -0.39 is 11.5 Å². The maximum atomic E-state index is 12.7. The van der Waals surface area contributed by atoms with E-state index in [0.717, 1.165) is 0 Å². The van der Waals surface area contributed by atoms with Crippen LogP contribution in [0.2, 0.25) is 0 Å². The van der Waals surface area contributed by atoms with Crippen LogP contribution in [0.25, 0.3) is 22.6 Å². The molecule has 0 fully saturated rings. The number of oxime groups is 1. The lowest BCUT2D eigenvalue weighted by atomic mass is 10.1. The number of hydrogen-bond donors (Lipinski definition) is 0. The van der Waals surface area contributed by atoms with Crippen molar-refractivity contribution in [2.24, 2.45) is 12.2 Å². The number of carbonyl (C=O) groups is 1. The second-order valence-electron chi connectivity index (χ2n) is 5.97. The normalized spacial score (nSPS) is 11.9. The van der Waals surface area contributed by atoms with Gasteiger partial charge >= 0.3 is 11.5 Å². The Kier molecular flexibility index (Phi) is 6.30. The van der Waals surface area contributed by atoms with Crippen LogP contribution < -0.4 is 0 Å². The Morgan fingerprint density at radius 3 is 2.70 bits per heavy atom. The third-order valence-electron chi connectivity index (χ3n) is 4.01. The SMILES string of the molecule is CCON=Cc1ccc(C(=O)OC)c(-c2nc3cc(SC(F)(F)F)ccc3n2C)n1. The zero-order chi connectivity index (χ0) is 21.9. The first kappa shape index (κ1) is 21.6.